The Morgan fingerprint density at radius 3 is 0.698 bits per heavy atom. The summed E-state index contributed by atoms with van der Waals surface area (Å²) in [6, 6.07) is 0. The number of imidazole rings is 4. The summed E-state index contributed by atoms with van der Waals surface area (Å²) in [6.45, 7) is 28.2. The fraction of sp³-hybridized carbons (Fsp3) is 0.688. The number of carbonyl (C=O) groups excluding carboxylic acids is 3. The fourth-order valence-corrected chi connectivity index (χ4v) is 5.40. The van der Waals surface area contributed by atoms with Crippen molar-refractivity contribution in [1.29, 1.82) is 0 Å². The van der Waals surface area contributed by atoms with Crippen LogP contribution in [0.15, 0.2) is 24.8 Å². The van der Waals surface area contributed by atoms with E-state index in [1.807, 2.05) is 73.3 Å². The molecule has 63 heavy (non-hydrogen) atoms. The molecule has 4 aromatic heterocycles. The van der Waals surface area contributed by atoms with Crippen LogP contribution >= 0.6 is 0 Å². The number of H-pyrrole nitrogens is 4. The third-order valence-electron chi connectivity index (χ3n) is 9.56. The molecule has 0 radical (unpaired) electrons. The number of aliphatic carboxylic acids is 3. The number of rotatable bonds is 19. The molecule has 0 saturated heterocycles. The van der Waals surface area contributed by atoms with Gasteiger partial charge in [-0.3, -0.25) is 0 Å². The van der Waals surface area contributed by atoms with E-state index in [9.17, 15) is 29.7 Å². The summed E-state index contributed by atoms with van der Waals surface area (Å²) in [5.41, 5.74) is 4.56. The molecule has 4 rings (SSSR count). The van der Waals surface area contributed by atoms with Crippen LogP contribution in [-0.4, -0.2) is 57.8 Å². The van der Waals surface area contributed by atoms with Gasteiger partial charge in [0.15, 0.2) is 0 Å². The third-order valence-corrected chi connectivity index (χ3v) is 9.56. The maximum Gasteiger partial charge on any atom is 3.00 e. The SMILES string of the molecule is CCCCC(CC)C(=O)[O-].CCCCC(CC)C(=O)[O-].CCCCC(CC)C(=O)[O-].CCc1ncc(C)[nH]1.CCc1ncc(C)[nH]1.CCc1ncc(C)[nH]1.CCc1ncc(C)[nH]1.[Au+3]. The minimum atomic E-state index is -0.893. The minimum Gasteiger partial charge on any atom is -0.550 e. The molecule has 0 spiro atoms. The van der Waals surface area contributed by atoms with Gasteiger partial charge in [0.2, 0.25) is 0 Å². The van der Waals surface area contributed by atoms with Crippen LogP contribution in [0.4, 0.5) is 0 Å². The third kappa shape index (κ3) is 37.1. The molecule has 4 N–H and O–H groups in total. The summed E-state index contributed by atoms with van der Waals surface area (Å²) in [5.74, 6) is 0.942. The number of hydrogen-bond acceptors (Lipinski definition) is 10. The average Bonchev–Trinajstić information content (AvgIpc) is 4.08. The zero-order chi connectivity index (χ0) is 47.9. The number of nitrogens with one attached hydrogen (secondary N) is 4. The Balaban J connectivity index is -0.000000322. The molecule has 0 amide bonds. The number of hydrogen-bond donors (Lipinski definition) is 4. The van der Waals surface area contributed by atoms with Crippen LogP contribution < -0.4 is 15.3 Å². The van der Waals surface area contributed by atoms with Crippen LogP contribution in [0.5, 0.6) is 0 Å². The Hall–Kier alpha value is -4.01. The van der Waals surface area contributed by atoms with E-state index in [1.165, 1.54) is 0 Å². The van der Waals surface area contributed by atoms with Gasteiger partial charge in [0.1, 0.15) is 23.3 Å². The summed E-state index contributed by atoms with van der Waals surface area (Å²) in [4.78, 5) is 59.7. The first-order valence-corrected chi connectivity index (χ1v) is 23.1. The van der Waals surface area contributed by atoms with Crippen LogP contribution in [0.2, 0.25) is 0 Å². The van der Waals surface area contributed by atoms with Gasteiger partial charge in [-0.05, 0) is 84.0 Å². The molecule has 3 unspecified atom stereocenters. The summed E-state index contributed by atoms with van der Waals surface area (Å²) < 4.78 is 0. The predicted molar refractivity (Wildman–Crippen MR) is 246 cm³/mol. The van der Waals surface area contributed by atoms with Crippen molar-refractivity contribution >= 4 is 17.9 Å². The Morgan fingerprint density at radius 1 is 0.429 bits per heavy atom. The van der Waals surface area contributed by atoms with Gasteiger partial charge in [-0.25, -0.2) is 19.9 Å². The monoisotopic (exact) mass is 1070 g/mol. The molecular weight excluding hydrogens is 982 g/mol. The van der Waals surface area contributed by atoms with Crippen LogP contribution in [0.25, 0.3) is 0 Å². The molecule has 0 fully saturated rings. The topological polar surface area (TPSA) is 235 Å². The Labute approximate surface area is 396 Å². The number of carboxylic acid groups (broad SMARTS) is 3. The minimum absolute atomic E-state index is 0. The Morgan fingerprint density at radius 2 is 0.619 bits per heavy atom. The first kappa shape index (κ1) is 65.6. The van der Waals surface area contributed by atoms with Crippen molar-refractivity contribution in [3.8, 4) is 0 Å². The van der Waals surface area contributed by atoms with E-state index < -0.39 is 17.9 Å². The number of aromatic amines is 4. The van der Waals surface area contributed by atoms with Gasteiger partial charge in [-0.15, -0.1) is 0 Å². The number of carboxylic acids is 3. The van der Waals surface area contributed by atoms with Gasteiger partial charge in [-0.1, -0.05) is 108 Å². The molecule has 3 atom stereocenters. The van der Waals surface area contributed by atoms with Crippen molar-refractivity contribution in [1.82, 2.24) is 39.9 Å². The number of aryl methyl sites for hydroxylation is 8. The molecule has 0 saturated carbocycles. The van der Waals surface area contributed by atoms with Crippen molar-refractivity contribution in [2.24, 2.45) is 17.8 Å². The van der Waals surface area contributed by atoms with Gasteiger partial charge in [-0.2, -0.15) is 0 Å². The fourth-order valence-electron chi connectivity index (χ4n) is 5.40. The quantitative estimate of drug-likeness (QED) is 0.0661. The van der Waals surface area contributed by atoms with E-state index in [2.05, 4.69) is 88.3 Å². The summed E-state index contributed by atoms with van der Waals surface area (Å²) in [5, 5.41) is 31.0. The van der Waals surface area contributed by atoms with Crippen molar-refractivity contribution in [2.75, 3.05) is 0 Å². The smallest absolute Gasteiger partial charge is 0.550 e. The number of nitrogens with zero attached hydrogens (tertiary/aromatic N) is 4. The molecule has 4 heterocycles. The number of carbonyl (C=O) groups is 3. The van der Waals surface area contributed by atoms with Crippen molar-refractivity contribution < 1.29 is 52.1 Å². The van der Waals surface area contributed by atoms with E-state index in [4.69, 9.17) is 0 Å². The van der Waals surface area contributed by atoms with Gasteiger partial charge in [0.05, 0.1) is 0 Å². The van der Waals surface area contributed by atoms with Gasteiger partial charge < -0.3 is 49.6 Å². The number of aromatic nitrogens is 8. The zero-order valence-corrected chi connectivity index (χ0v) is 43.6. The van der Waals surface area contributed by atoms with E-state index in [1.54, 1.807) is 0 Å². The molecule has 4 aromatic rings. The molecule has 0 aliphatic carbocycles. The number of unbranched alkanes of at least 4 members (excludes halogenated alkanes) is 3. The predicted octanol–water partition coefficient (Wildman–Crippen LogP) is 7.98. The molecule has 0 aliphatic rings. The van der Waals surface area contributed by atoms with Crippen LogP contribution in [-0.2, 0) is 62.4 Å². The standard InChI is InChI=1S/3C8H16O2.4C6H10N2.Au/c3*1-3-5-6-7(4-2)8(9)10;4*1-3-6-7-4-5(2)8-6;/h3*7H,3-6H2,1-2H3,(H,9,10);4*4H,3H2,1-2H3,(H,7,8);/q;;;;;;;+3/p-3. The first-order valence-electron chi connectivity index (χ1n) is 23.1. The molecule has 0 aromatic carbocycles. The van der Waals surface area contributed by atoms with Gasteiger partial charge >= 0.3 is 22.4 Å². The van der Waals surface area contributed by atoms with E-state index >= 15 is 0 Å². The maximum absolute atomic E-state index is 10.3. The summed E-state index contributed by atoms with van der Waals surface area (Å²) >= 11 is 0. The molecule has 14 nitrogen and oxygen atoms in total. The second-order valence-electron chi connectivity index (χ2n) is 15.2. The van der Waals surface area contributed by atoms with Crippen molar-refractivity contribution in [3.05, 3.63) is 70.9 Å². The van der Waals surface area contributed by atoms with E-state index in [0.29, 0.717) is 19.3 Å². The second kappa shape index (κ2) is 43.3. The molecule has 15 heteroatoms. The maximum atomic E-state index is 10.3. The van der Waals surface area contributed by atoms with Gasteiger partial charge in [0, 0.05) is 91.2 Å². The summed E-state index contributed by atoms with van der Waals surface area (Å²) in [6.07, 6.45) is 21.9. The molecule has 364 valence electrons. The first-order chi connectivity index (χ1) is 29.5. The second-order valence-corrected chi connectivity index (χ2v) is 15.2. The van der Waals surface area contributed by atoms with Crippen molar-refractivity contribution in [2.45, 2.75) is 200 Å². The summed E-state index contributed by atoms with van der Waals surface area (Å²) in [7, 11) is 0. The molecular formula is C48H85AuN8O6. The zero-order valence-electron chi connectivity index (χ0n) is 41.4. The van der Waals surface area contributed by atoms with Crippen LogP contribution in [0.1, 0.15) is 192 Å². The van der Waals surface area contributed by atoms with E-state index in [0.717, 1.165) is 130 Å². The largest absolute Gasteiger partial charge is 3.00 e. The van der Waals surface area contributed by atoms with Gasteiger partial charge in [0.25, 0.3) is 0 Å². The van der Waals surface area contributed by atoms with Crippen LogP contribution in [0.3, 0.4) is 0 Å². The average molecular weight is 1070 g/mol. The van der Waals surface area contributed by atoms with Crippen LogP contribution in [0, 0.1) is 45.4 Å². The molecule has 0 bridgehead atoms. The Kier molecular flexibility index (Phi) is 45.0. The normalized spacial score (nSPS) is 11.1. The van der Waals surface area contributed by atoms with Crippen molar-refractivity contribution in [3.63, 3.8) is 0 Å². The Bertz CT molecular complexity index is 1430. The molecule has 0 aliphatic heterocycles. The van der Waals surface area contributed by atoms with E-state index in [-0.39, 0.29) is 40.1 Å².